The molecule has 0 aromatic heterocycles. The summed E-state index contributed by atoms with van der Waals surface area (Å²) in [6.07, 6.45) is 0.895. The number of benzene rings is 2. The van der Waals surface area contributed by atoms with Gasteiger partial charge in [0.15, 0.2) is 9.84 Å². The number of para-hydroxylation sites is 1. The summed E-state index contributed by atoms with van der Waals surface area (Å²) in [4.78, 5) is 30.4. The van der Waals surface area contributed by atoms with Crippen molar-refractivity contribution >= 4 is 33.0 Å². The van der Waals surface area contributed by atoms with E-state index in [0.29, 0.717) is 44.7 Å². The number of rotatable bonds is 6. The maximum Gasteiger partial charge on any atom is 0.226 e. The standard InChI is InChI=1S/C25H30FN3O4S/c1-3-24(30)29-18(2)16-19-17-20(8-9-22(19)29)34(32,33)15-10-25(31)28-13-11-27(12-14-28)23-7-5-4-6-21(23)26/h4-9,17-18H,3,10-16H2,1-2H3/t18-/m1/s1. The molecule has 1 fully saturated rings. The molecule has 2 aliphatic heterocycles. The van der Waals surface area contributed by atoms with Crippen LogP contribution in [0.3, 0.4) is 0 Å². The van der Waals surface area contributed by atoms with Gasteiger partial charge in [0.25, 0.3) is 0 Å². The van der Waals surface area contributed by atoms with Gasteiger partial charge in [-0.15, -0.1) is 0 Å². The summed E-state index contributed by atoms with van der Waals surface area (Å²) in [6.45, 7) is 5.59. The number of hydrogen-bond donors (Lipinski definition) is 0. The Balaban J connectivity index is 1.36. The lowest BCUT2D eigenvalue weighted by Crippen LogP contribution is -2.49. The van der Waals surface area contributed by atoms with E-state index < -0.39 is 9.84 Å². The molecule has 0 aliphatic carbocycles. The third kappa shape index (κ3) is 4.80. The second kappa shape index (κ2) is 9.74. The number of sulfone groups is 1. The molecule has 2 aromatic rings. The highest BCUT2D eigenvalue weighted by molar-refractivity contribution is 7.91. The van der Waals surface area contributed by atoms with E-state index in [1.54, 1.807) is 40.1 Å². The molecule has 2 amide bonds. The lowest BCUT2D eigenvalue weighted by molar-refractivity contribution is -0.131. The van der Waals surface area contributed by atoms with Crippen molar-refractivity contribution < 1.29 is 22.4 Å². The van der Waals surface area contributed by atoms with E-state index in [9.17, 15) is 22.4 Å². The first-order chi connectivity index (χ1) is 16.2. The van der Waals surface area contributed by atoms with Crippen molar-refractivity contribution in [3.63, 3.8) is 0 Å². The Kier molecular flexibility index (Phi) is 6.93. The highest BCUT2D eigenvalue weighted by Gasteiger charge is 2.31. The van der Waals surface area contributed by atoms with E-state index in [-0.39, 0.29) is 40.7 Å². The van der Waals surface area contributed by atoms with E-state index in [0.717, 1.165) is 11.3 Å². The van der Waals surface area contributed by atoms with E-state index >= 15 is 0 Å². The molecular formula is C25H30FN3O4S. The number of piperazine rings is 1. The summed E-state index contributed by atoms with van der Waals surface area (Å²) in [5.41, 5.74) is 2.12. The summed E-state index contributed by atoms with van der Waals surface area (Å²) < 4.78 is 39.9. The molecule has 0 bridgehead atoms. The van der Waals surface area contributed by atoms with Crippen LogP contribution in [0.2, 0.25) is 0 Å². The monoisotopic (exact) mass is 487 g/mol. The number of amides is 2. The number of nitrogens with zero attached hydrogens (tertiary/aromatic N) is 3. The summed E-state index contributed by atoms with van der Waals surface area (Å²) >= 11 is 0. The fraction of sp³-hybridized carbons (Fsp3) is 0.440. The number of carbonyl (C=O) groups is 2. The van der Waals surface area contributed by atoms with E-state index in [1.807, 2.05) is 18.7 Å². The molecule has 4 rings (SSSR count). The highest BCUT2D eigenvalue weighted by Crippen LogP contribution is 2.34. The fourth-order valence-electron chi connectivity index (χ4n) is 4.75. The average Bonchev–Trinajstić information content (AvgIpc) is 3.17. The first kappa shape index (κ1) is 24.2. The first-order valence-corrected chi connectivity index (χ1v) is 13.3. The van der Waals surface area contributed by atoms with Crippen LogP contribution in [0.4, 0.5) is 15.8 Å². The average molecular weight is 488 g/mol. The summed E-state index contributed by atoms with van der Waals surface area (Å²) in [6, 6.07) is 11.4. The molecular weight excluding hydrogens is 457 g/mol. The van der Waals surface area contributed by atoms with Gasteiger partial charge in [-0.2, -0.15) is 0 Å². The molecule has 1 saturated heterocycles. The van der Waals surface area contributed by atoms with Crippen LogP contribution in [0, 0.1) is 5.82 Å². The number of halogens is 1. The van der Waals surface area contributed by atoms with Crippen LogP contribution in [0.1, 0.15) is 32.3 Å². The molecule has 182 valence electrons. The molecule has 9 heteroatoms. The van der Waals surface area contributed by atoms with Crippen LogP contribution < -0.4 is 9.80 Å². The van der Waals surface area contributed by atoms with Gasteiger partial charge in [-0.05, 0) is 49.2 Å². The maximum absolute atomic E-state index is 14.0. The minimum absolute atomic E-state index is 0.00925. The lowest BCUT2D eigenvalue weighted by Gasteiger charge is -2.36. The van der Waals surface area contributed by atoms with Crippen LogP contribution in [-0.2, 0) is 25.8 Å². The molecule has 0 spiro atoms. The van der Waals surface area contributed by atoms with Crippen LogP contribution in [0.5, 0.6) is 0 Å². The zero-order valence-electron chi connectivity index (χ0n) is 19.5. The predicted molar refractivity (Wildman–Crippen MR) is 129 cm³/mol. The SMILES string of the molecule is CCC(=O)N1c2ccc(S(=O)(=O)CCC(=O)N3CCN(c4ccccc4F)CC3)cc2C[C@H]1C. The Hall–Kier alpha value is -2.94. The zero-order valence-corrected chi connectivity index (χ0v) is 20.4. The van der Waals surface area contributed by atoms with Gasteiger partial charge in [0.2, 0.25) is 11.8 Å². The highest BCUT2D eigenvalue weighted by atomic mass is 32.2. The Morgan fingerprint density at radius 2 is 1.71 bits per heavy atom. The number of anilines is 2. The molecule has 2 aromatic carbocycles. The topological polar surface area (TPSA) is 78.0 Å². The second-order valence-corrected chi connectivity index (χ2v) is 11.0. The normalized spacial score (nSPS) is 18.2. The number of carbonyl (C=O) groups excluding carboxylic acids is 2. The Morgan fingerprint density at radius 3 is 2.38 bits per heavy atom. The Morgan fingerprint density at radius 1 is 1.00 bits per heavy atom. The van der Waals surface area contributed by atoms with Gasteiger partial charge in [0.1, 0.15) is 5.82 Å². The molecule has 0 saturated carbocycles. The molecule has 7 nitrogen and oxygen atoms in total. The summed E-state index contributed by atoms with van der Waals surface area (Å²) in [7, 11) is -3.65. The molecule has 34 heavy (non-hydrogen) atoms. The smallest absolute Gasteiger partial charge is 0.226 e. The predicted octanol–water partition coefficient (Wildman–Crippen LogP) is 3.03. The largest absolute Gasteiger partial charge is 0.366 e. The zero-order chi connectivity index (χ0) is 24.5. The van der Waals surface area contributed by atoms with Crippen molar-refractivity contribution in [1.82, 2.24) is 4.90 Å². The summed E-state index contributed by atoms with van der Waals surface area (Å²) in [5, 5.41) is 0. The maximum atomic E-state index is 14.0. The molecule has 0 unspecified atom stereocenters. The van der Waals surface area contributed by atoms with Crippen molar-refractivity contribution in [2.24, 2.45) is 0 Å². The van der Waals surface area contributed by atoms with Crippen molar-refractivity contribution in [3.05, 3.63) is 53.8 Å². The van der Waals surface area contributed by atoms with Crippen molar-refractivity contribution in [3.8, 4) is 0 Å². The van der Waals surface area contributed by atoms with Crippen LogP contribution in [0.25, 0.3) is 0 Å². The fourth-order valence-corrected chi connectivity index (χ4v) is 6.03. The number of hydrogen-bond acceptors (Lipinski definition) is 5. The molecule has 2 aliphatic rings. The van der Waals surface area contributed by atoms with Gasteiger partial charge in [0, 0.05) is 50.7 Å². The number of fused-ring (bicyclic) bond motifs is 1. The summed E-state index contributed by atoms with van der Waals surface area (Å²) in [5.74, 6) is -0.765. The first-order valence-electron chi connectivity index (χ1n) is 11.7. The minimum atomic E-state index is -3.65. The van der Waals surface area contributed by atoms with Crippen molar-refractivity contribution in [2.75, 3.05) is 41.7 Å². The molecule has 2 heterocycles. The van der Waals surface area contributed by atoms with Gasteiger partial charge in [-0.1, -0.05) is 19.1 Å². The van der Waals surface area contributed by atoms with Gasteiger partial charge in [-0.3, -0.25) is 9.59 Å². The van der Waals surface area contributed by atoms with E-state index in [4.69, 9.17) is 0 Å². The van der Waals surface area contributed by atoms with Crippen molar-refractivity contribution in [2.45, 2.75) is 44.0 Å². The van der Waals surface area contributed by atoms with E-state index in [2.05, 4.69) is 0 Å². The lowest BCUT2D eigenvalue weighted by atomic mass is 10.1. The molecule has 0 radical (unpaired) electrons. The third-order valence-corrected chi connectivity index (χ3v) is 8.32. The van der Waals surface area contributed by atoms with Crippen LogP contribution >= 0.6 is 0 Å². The second-order valence-electron chi connectivity index (χ2n) is 8.85. The quantitative estimate of drug-likeness (QED) is 0.626. The Labute approximate surface area is 200 Å². The molecule has 0 N–H and O–H groups in total. The van der Waals surface area contributed by atoms with Gasteiger partial charge in [0.05, 0.1) is 16.3 Å². The van der Waals surface area contributed by atoms with Crippen LogP contribution in [-0.4, -0.2) is 63.1 Å². The van der Waals surface area contributed by atoms with E-state index in [1.165, 1.54) is 12.1 Å². The van der Waals surface area contributed by atoms with Gasteiger partial charge >= 0.3 is 0 Å². The Bertz CT molecular complexity index is 1190. The van der Waals surface area contributed by atoms with Crippen molar-refractivity contribution in [1.29, 1.82) is 0 Å². The third-order valence-electron chi connectivity index (χ3n) is 6.61. The van der Waals surface area contributed by atoms with Gasteiger partial charge < -0.3 is 14.7 Å². The van der Waals surface area contributed by atoms with Crippen LogP contribution in [0.15, 0.2) is 47.4 Å². The molecule has 1 atom stereocenters. The minimum Gasteiger partial charge on any atom is -0.366 e. The van der Waals surface area contributed by atoms with Gasteiger partial charge in [-0.25, -0.2) is 12.8 Å².